The Morgan fingerprint density at radius 3 is 2.71 bits per heavy atom. The normalized spacial score (nSPS) is 33.2. The first-order valence-corrected chi connectivity index (χ1v) is 7.11. The highest BCUT2D eigenvalue weighted by Crippen LogP contribution is 2.49. The van der Waals surface area contributed by atoms with Crippen LogP contribution in [-0.4, -0.2) is 39.5 Å². The summed E-state index contributed by atoms with van der Waals surface area (Å²) in [6.07, 6.45) is 5.93. The number of ether oxygens (including phenoxy) is 2. The van der Waals surface area contributed by atoms with Gasteiger partial charge < -0.3 is 14.8 Å². The Bertz CT molecular complexity index is 222. The molecule has 2 saturated carbocycles. The molecule has 2 fully saturated rings. The van der Waals surface area contributed by atoms with Gasteiger partial charge in [-0.15, -0.1) is 0 Å². The van der Waals surface area contributed by atoms with Gasteiger partial charge in [-0.1, -0.05) is 6.42 Å². The summed E-state index contributed by atoms with van der Waals surface area (Å²) < 4.78 is 10.4. The molecule has 0 saturated heterocycles. The summed E-state index contributed by atoms with van der Waals surface area (Å²) in [7, 11) is 1.71. The van der Waals surface area contributed by atoms with E-state index in [9.17, 15) is 0 Å². The fourth-order valence-electron chi connectivity index (χ4n) is 3.66. The summed E-state index contributed by atoms with van der Waals surface area (Å²) in [5.74, 6) is 2.98. The van der Waals surface area contributed by atoms with E-state index in [0.29, 0.717) is 19.3 Å². The number of hydrogen-bond donors (Lipinski definition) is 1. The van der Waals surface area contributed by atoms with Gasteiger partial charge in [-0.25, -0.2) is 0 Å². The lowest BCUT2D eigenvalue weighted by molar-refractivity contribution is 0.0699. The maximum Gasteiger partial charge on any atom is 0.0700 e. The third-order valence-electron chi connectivity index (χ3n) is 4.58. The Kier molecular flexibility index (Phi) is 5.26. The van der Waals surface area contributed by atoms with Crippen LogP contribution < -0.4 is 5.32 Å². The minimum absolute atomic E-state index is 0.663. The molecule has 0 aliphatic heterocycles. The monoisotopic (exact) mass is 241 g/mol. The maximum atomic E-state index is 5.46. The van der Waals surface area contributed by atoms with Gasteiger partial charge in [-0.2, -0.15) is 0 Å². The second-order valence-electron chi connectivity index (χ2n) is 5.69. The fraction of sp³-hybridized carbons (Fsp3) is 1.00. The van der Waals surface area contributed by atoms with E-state index >= 15 is 0 Å². The first-order valence-electron chi connectivity index (χ1n) is 7.11. The first kappa shape index (κ1) is 13.3. The summed E-state index contributed by atoms with van der Waals surface area (Å²) in [6, 6.07) is 0.663. The summed E-state index contributed by atoms with van der Waals surface area (Å²) in [5, 5.41) is 3.62. The van der Waals surface area contributed by atoms with Gasteiger partial charge in [0.25, 0.3) is 0 Å². The van der Waals surface area contributed by atoms with Crippen molar-refractivity contribution in [2.24, 2.45) is 17.8 Å². The van der Waals surface area contributed by atoms with Crippen LogP contribution in [0.4, 0.5) is 0 Å². The molecule has 2 aliphatic carbocycles. The van der Waals surface area contributed by atoms with E-state index in [2.05, 4.69) is 12.2 Å². The first-order chi connectivity index (χ1) is 8.31. The Morgan fingerprint density at radius 1 is 1.18 bits per heavy atom. The Balaban J connectivity index is 1.54. The number of fused-ring (bicyclic) bond motifs is 2. The number of methoxy groups -OCH3 is 1. The third-order valence-corrected chi connectivity index (χ3v) is 4.58. The van der Waals surface area contributed by atoms with Crippen LogP contribution in [-0.2, 0) is 9.47 Å². The lowest BCUT2D eigenvalue weighted by atomic mass is 9.84. The van der Waals surface area contributed by atoms with Crippen LogP contribution in [0.5, 0.6) is 0 Å². The van der Waals surface area contributed by atoms with E-state index < -0.39 is 0 Å². The molecule has 2 aliphatic rings. The predicted octanol–water partition coefficient (Wildman–Crippen LogP) is 2.06. The average Bonchev–Trinajstić information content (AvgIpc) is 2.95. The van der Waals surface area contributed by atoms with E-state index in [1.807, 2.05) is 0 Å². The largest absolute Gasteiger partial charge is 0.382 e. The third kappa shape index (κ3) is 3.67. The minimum Gasteiger partial charge on any atom is -0.382 e. The highest BCUT2D eigenvalue weighted by atomic mass is 16.5. The molecular formula is C14H27NO2. The molecule has 4 atom stereocenters. The van der Waals surface area contributed by atoms with Gasteiger partial charge in [-0.05, 0) is 43.9 Å². The lowest BCUT2D eigenvalue weighted by Gasteiger charge is -2.28. The summed E-state index contributed by atoms with van der Waals surface area (Å²) in [4.78, 5) is 0. The summed E-state index contributed by atoms with van der Waals surface area (Å²) in [5.41, 5.74) is 0. The number of rotatable bonds is 8. The second kappa shape index (κ2) is 6.72. The molecule has 0 aromatic heterocycles. The molecule has 0 heterocycles. The van der Waals surface area contributed by atoms with Crippen molar-refractivity contribution in [3.05, 3.63) is 0 Å². The topological polar surface area (TPSA) is 30.5 Å². The molecule has 100 valence electrons. The summed E-state index contributed by atoms with van der Waals surface area (Å²) >= 11 is 0. The zero-order valence-electron chi connectivity index (χ0n) is 11.3. The van der Waals surface area contributed by atoms with Crippen molar-refractivity contribution in [3.63, 3.8) is 0 Å². The Hall–Kier alpha value is -0.120. The molecule has 1 N–H and O–H groups in total. The molecule has 0 amide bonds. The molecule has 0 radical (unpaired) electrons. The molecule has 2 rings (SSSR count). The second-order valence-corrected chi connectivity index (χ2v) is 5.69. The van der Waals surface area contributed by atoms with E-state index in [1.165, 1.54) is 25.7 Å². The van der Waals surface area contributed by atoms with Crippen molar-refractivity contribution in [3.8, 4) is 0 Å². The van der Waals surface area contributed by atoms with Gasteiger partial charge in [0.1, 0.15) is 0 Å². The Morgan fingerprint density at radius 2 is 2.06 bits per heavy atom. The van der Waals surface area contributed by atoms with Gasteiger partial charge in [0.15, 0.2) is 0 Å². The van der Waals surface area contributed by atoms with Crippen molar-refractivity contribution < 1.29 is 9.47 Å². The van der Waals surface area contributed by atoms with Crippen LogP contribution in [0.25, 0.3) is 0 Å². The van der Waals surface area contributed by atoms with Gasteiger partial charge in [0.05, 0.1) is 19.8 Å². The van der Waals surface area contributed by atoms with Crippen LogP contribution >= 0.6 is 0 Å². The van der Waals surface area contributed by atoms with Crippen LogP contribution in [0, 0.1) is 17.8 Å². The molecule has 2 bridgehead atoms. The van der Waals surface area contributed by atoms with Crippen molar-refractivity contribution in [1.82, 2.24) is 5.32 Å². The Labute approximate surface area is 105 Å². The predicted molar refractivity (Wildman–Crippen MR) is 69.1 cm³/mol. The van der Waals surface area contributed by atoms with Crippen molar-refractivity contribution >= 4 is 0 Å². The summed E-state index contributed by atoms with van der Waals surface area (Å²) in [6.45, 7) is 5.52. The van der Waals surface area contributed by atoms with Crippen molar-refractivity contribution in [2.75, 3.05) is 33.5 Å². The zero-order valence-corrected chi connectivity index (χ0v) is 11.3. The van der Waals surface area contributed by atoms with Gasteiger partial charge >= 0.3 is 0 Å². The molecule has 0 spiro atoms. The van der Waals surface area contributed by atoms with Gasteiger partial charge in [0, 0.05) is 19.7 Å². The van der Waals surface area contributed by atoms with E-state index in [0.717, 1.165) is 30.9 Å². The smallest absolute Gasteiger partial charge is 0.0700 e. The van der Waals surface area contributed by atoms with Crippen molar-refractivity contribution in [1.29, 1.82) is 0 Å². The molecule has 3 heteroatoms. The lowest BCUT2D eigenvalue weighted by Crippen LogP contribution is -2.38. The van der Waals surface area contributed by atoms with Crippen LogP contribution in [0.3, 0.4) is 0 Å². The molecule has 3 nitrogen and oxygen atoms in total. The van der Waals surface area contributed by atoms with E-state index in [1.54, 1.807) is 7.11 Å². The highest BCUT2D eigenvalue weighted by molar-refractivity contribution is 4.93. The van der Waals surface area contributed by atoms with E-state index in [4.69, 9.17) is 9.47 Å². The van der Waals surface area contributed by atoms with Crippen LogP contribution in [0.2, 0.25) is 0 Å². The quantitative estimate of drug-likeness (QED) is 0.660. The molecule has 0 aromatic rings. The van der Waals surface area contributed by atoms with E-state index in [-0.39, 0.29) is 0 Å². The fourth-order valence-corrected chi connectivity index (χ4v) is 3.66. The van der Waals surface area contributed by atoms with Gasteiger partial charge in [-0.3, -0.25) is 0 Å². The molecular weight excluding hydrogens is 214 g/mol. The minimum atomic E-state index is 0.663. The number of hydrogen-bond acceptors (Lipinski definition) is 3. The van der Waals surface area contributed by atoms with Crippen LogP contribution in [0.15, 0.2) is 0 Å². The van der Waals surface area contributed by atoms with Crippen LogP contribution in [0.1, 0.15) is 32.6 Å². The molecule has 17 heavy (non-hydrogen) atoms. The molecule has 4 unspecified atom stereocenters. The average molecular weight is 241 g/mol. The number of nitrogens with one attached hydrogen (secondary N) is 1. The highest BCUT2D eigenvalue weighted by Gasteiger charge is 2.41. The maximum absolute atomic E-state index is 5.46. The zero-order chi connectivity index (χ0) is 12.1. The standard InChI is InChI=1S/C14H27NO2/c1-11(15-5-6-17-8-7-16-2)14-10-12-3-4-13(14)9-12/h11-15H,3-10H2,1-2H3. The van der Waals surface area contributed by atoms with Gasteiger partial charge in [0.2, 0.25) is 0 Å². The SMILES string of the molecule is COCCOCCNC(C)C1CC2CCC1C2. The molecule has 0 aromatic carbocycles. The van der Waals surface area contributed by atoms with Crippen molar-refractivity contribution in [2.45, 2.75) is 38.6 Å².